The quantitative estimate of drug-likeness (QED) is 0.830. The number of aryl methyl sites for hydroxylation is 2. The van der Waals surface area contributed by atoms with Crippen molar-refractivity contribution in [3.05, 3.63) is 39.6 Å². The van der Waals surface area contributed by atoms with Gasteiger partial charge in [-0.25, -0.2) is 15.0 Å². The van der Waals surface area contributed by atoms with Gasteiger partial charge >= 0.3 is 5.97 Å². The van der Waals surface area contributed by atoms with Crippen LogP contribution in [0.2, 0.25) is 0 Å². The van der Waals surface area contributed by atoms with E-state index >= 15 is 0 Å². The number of hydrogen-bond donors (Lipinski definition) is 2. The largest absolute Gasteiger partial charge is 0.481 e. The first-order chi connectivity index (χ1) is 8.97. The normalized spacial score (nSPS) is 10.4. The third-order valence-electron chi connectivity index (χ3n) is 2.54. The van der Waals surface area contributed by atoms with Crippen molar-refractivity contribution in [3.8, 4) is 11.6 Å². The predicted octanol–water partition coefficient (Wildman–Crippen LogP) is 0.471. The van der Waals surface area contributed by atoms with E-state index in [-0.39, 0.29) is 17.8 Å². The smallest absolute Gasteiger partial charge is 0.308 e. The molecule has 7 heteroatoms. The molecular formula is C12H12N4O3. The molecule has 0 saturated carbocycles. The molecule has 19 heavy (non-hydrogen) atoms. The van der Waals surface area contributed by atoms with Crippen molar-refractivity contribution in [2.75, 3.05) is 0 Å². The van der Waals surface area contributed by atoms with Crippen molar-refractivity contribution in [1.29, 1.82) is 0 Å². The minimum absolute atomic E-state index is 0.142. The number of nitrogens with one attached hydrogen (secondary N) is 1. The molecule has 2 aromatic heterocycles. The molecule has 0 spiro atoms. The molecule has 0 unspecified atom stereocenters. The van der Waals surface area contributed by atoms with Gasteiger partial charge in [-0.1, -0.05) is 0 Å². The number of carbonyl (C=O) groups is 1. The zero-order chi connectivity index (χ0) is 14.0. The molecular weight excluding hydrogens is 248 g/mol. The van der Waals surface area contributed by atoms with Crippen LogP contribution in [0.25, 0.3) is 11.6 Å². The Bertz CT molecular complexity index is 676. The fourth-order valence-corrected chi connectivity index (χ4v) is 1.59. The number of rotatable bonds is 3. The molecule has 2 rings (SSSR count). The van der Waals surface area contributed by atoms with Crippen molar-refractivity contribution in [2.24, 2.45) is 0 Å². The molecule has 0 aromatic carbocycles. The predicted molar refractivity (Wildman–Crippen MR) is 66.7 cm³/mol. The van der Waals surface area contributed by atoms with Crippen molar-refractivity contribution in [3.63, 3.8) is 0 Å². The Hall–Kier alpha value is -2.57. The zero-order valence-corrected chi connectivity index (χ0v) is 10.5. The molecule has 0 amide bonds. The lowest BCUT2D eigenvalue weighted by Gasteiger charge is -2.04. The van der Waals surface area contributed by atoms with Crippen LogP contribution in [-0.2, 0) is 11.2 Å². The Labute approximate surface area is 108 Å². The van der Waals surface area contributed by atoms with Crippen molar-refractivity contribution >= 4 is 5.97 Å². The minimum atomic E-state index is -1.07. The summed E-state index contributed by atoms with van der Waals surface area (Å²) in [7, 11) is 0. The van der Waals surface area contributed by atoms with Crippen molar-refractivity contribution in [1.82, 2.24) is 19.9 Å². The first kappa shape index (κ1) is 12.9. The van der Waals surface area contributed by atoms with E-state index in [1.807, 2.05) is 6.92 Å². The standard InChI is InChI=1S/C12H12N4O3/c1-6-4-13-10(14-5-6)11-15-7(2)8(3-9(17)18)12(19)16-11/h4-5H,3H2,1-2H3,(H,17,18)(H,15,16,19). The topological polar surface area (TPSA) is 109 Å². The molecule has 0 atom stereocenters. The number of nitrogens with zero attached hydrogens (tertiary/aromatic N) is 3. The monoisotopic (exact) mass is 260 g/mol. The van der Waals surface area contributed by atoms with Gasteiger partial charge in [-0.05, 0) is 19.4 Å². The van der Waals surface area contributed by atoms with Crippen LogP contribution in [0, 0.1) is 13.8 Å². The van der Waals surface area contributed by atoms with Gasteiger partial charge in [-0.2, -0.15) is 0 Å². The molecule has 2 aromatic rings. The maximum atomic E-state index is 11.8. The lowest BCUT2D eigenvalue weighted by molar-refractivity contribution is -0.136. The van der Waals surface area contributed by atoms with Gasteiger partial charge < -0.3 is 10.1 Å². The average molecular weight is 260 g/mol. The number of carboxylic acids is 1. The number of hydrogen-bond acceptors (Lipinski definition) is 5. The molecule has 0 fully saturated rings. The van der Waals surface area contributed by atoms with E-state index in [0.717, 1.165) is 5.56 Å². The highest BCUT2D eigenvalue weighted by Crippen LogP contribution is 2.09. The van der Waals surface area contributed by atoms with Crippen LogP contribution in [0.1, 0.15) is 16.8 Å². The molecule has 0 aliphatic heterocycles. The first-order valence-electron chi connectivity index (χ1n) is 5.58. The van der Waals surface area contributed by atoms with E-state index in [1.54, 1.807) is 19.3 Å². The Morgan fingerprint density at radius 1 is 1.32 bits per heavy atom. The summed E-state index contributed by atoms with van der Waals surface area (Å²) >= 11 is 0. The minimum Gasteiger partial charge on any atom is -0.481 e. The fraction of sp³-hybridized carbons (Fsp3) is 0.250. The summed E-state index contributed by atoms with van der Waals surface area (Å²) in [5.41, 5.74) is 0.924. The second-order valence-electron chi connectivity index (χ2n) is 4.13. The average Bonchev–Trinajstić information content (AvgIpc) is 2.34. The highest BCUT2D eigenvalue weighted by atomic mass is 16.4. The summed E-state index contributed by atoms with van der Waals surface area (Å²) in [6.07, 6.45) is 2.87. The SMILES string of the molecule is Cc1cnc(-c2nc(C)c(CC(=O)O)c(=O)[nH]2)nc1. The third-order valence-corrected chi connectivity index (χ3v) is 2.54. The number of carboxylic acid groups (broad SMARTS) is 1. The molecule has 0 saturated heterocycles. The van der Waals surface area contributed by atoms with E-state index in [9.17, 15) is 9.59 Å². The van der Waals surface area contributed by atoms with Gasteiger partial charge in [-0.3, -0.25) is 9.59 Å². The summed E-state index contributed by atoms with van der Waals surface area (Å²) < 4.78 is 0. The fourth-order valence-electron chi connectivity index (χ4n) is 1.59. The summed E-state index contributed by atoms with van der Waals surface area (Å²) in [6.45, 7) is 3.44. The molecule has 0 aliphatic carbocycles. The summed E-state index contributed by atoms with van der Waals surface area (Å²) in [4.78, 5) is 37.3. The molecule has 2 heterocycles. The van der Waals surface area contributed by atoms with Crippen LogP contribution in [0.4, 0.5) is 0 Å². The third kappa shape index (κ3) is 2.82. The van der Waals surface area contributed by atoms with Crippen LogP contribution in [0.5, 0.6) is 0 Å². The Morgan fingerprint density at radius 3 is 2.47 bits per heavy atom. The number of aromatic amines is 1. The van der Waals surface area contributed by atoms with E-state index in [4.69, 9.17) is 5.11 Å². The molecule has 0 aliphatic rings. The van der Waals surface area contributed by atoms with E-state index in [1.165, 1.54) is 0 Å². The number of H-pyrrole nitrogens is 1. The Kier molecular flexibility index (Phi) is 3.37. The van der Waals surface area contributed by atoms with Gasteiger partial charge in [-0.15, -0.1) is 0 Å². The van der Waals surface area contributed by atoms with Crippen molar-refractivity contribution in [2.45, 2.75) is 20.3 Å². The first-order valence-corrected chi connectivity index (χ1v) is 5.58. The molecule has 7 nitrogen and oxygen atoms in total. The van der Waals surface area contributed by atoms with Gasteiger partial charge in [0.25, 0.3) is 5.56 Å². The highest BCUT2D eigenvalue weighted by Gasteiger charge is 2.13. The van der Waals surface area contributed by atoms with E-state index in [2.05, 4.69) is 19.9 Å². The second-order valence-corrected chi connectivity index (χ2v) is 4.13. The summed E-state index contributed by atoms with van der Waals surface area (Å²) in [6, 6.07) is 0. The summed E-state index contributed by atoms with van der Waals surface area (Å²) in [5.74, 6) is -0.543. The van der Waals surface area contributed by atoms with Crippen LogP contribution >= 0.6 is 0 Å². The maximum Gasteiger partial charge on any atom is 0.308 e. The van der Waals surface area contributed by atoms with Crippen LogP contribution in [-0.4, -0.2) is 31.0 Å². The number of aromatic nitrogens is 4. The molecule has 98 valence electrons. The Balaban J connectivity index is 2.48. The number of aliphatic carboxylic acids is 1. The highest BCUT2D eigenvalue weighted by molar-refractivity contribution is 5.70. The zero-order valence-electron chi connectivity index (χ0n) is 10.5. The van der Waals surface area contributed by atoms with Crippen LogP contribution in [0.15, 0.2) is 17.2 Å². The lowest BCUT2D eigenvalue weighted by Crippen LogP contribution is -2.20. The molecule has 0 bridgehead atoms. The van der Waals surface area contributed by atoms with Crippen LogP contribution < -0.4 is 5.56 Å². The van der Waals surface area contributed by atoms with Crippen molar-refractivity contribution < 1.29 is 9.90 Å². The molecule has 2 N–H and O–H groups in total. The van der Waals surface area contributed by atoms with E-state index in [0.29, 0.717) is 11.5 Å². The van der Waals surface area contributed by atoms with Gasteiger partial charge in [0.15, 0.2) is 11.6 Å². The summed E-state index contributed by atoms with van der Waals surface area (Å²) in [5, 5.41) is 8.73. The molecule has 0 radical (unpaired) electrons. The van der Waals surface area contributed by atoms with Crippen LogP contribution in [0.3, 0.4) is 0 Å². The Morgan fingerprint density at radius 2 is 1.95 bits per heavy atom. The lowest BCUT2D eigenvalue weighted by atomic mass is 10.2. The van der Waals surface area contributed by atoms with Gasteiger partial charge in [0.05, 0.1) is 6.42 Å². The van der Waals surface area contributed by atoms with E-state index < -0.39 is 11.5 Å². The van der Waals surface area contributed by atoms with Gasteiger partial charge in [0.1, 0.15) is 0 Å². The van der Waals surface area contributed by atoms with Gasteiger partial charge in [0, 0.05) is 23.7 Å². The second kappa shape index (κ2) is 4.97. The van der Waals surface area contributed by atoms with Gasteiger partial charge in [0.2, 0.25) is 0 Å². The maximum absolute atomic E-state index is 11.8.